The number of pyridine rings is 1. The molecule has 4 rings (SSSR count). The summed E-state index contributed by atoms with van der Waals surface area (Å²) in [5, 5.41) is 22.7. The fourth-order valence-electron chi connectivity index (χ4n) is 3.64. The van der Waals surface area contributed by atoms with E-state index in [-0.39, 0.29) is 31.6 Å². The summed E-state index contributed by atoms with van der Waals surface area (Å²) in [6.07, 6.45) is 0.692. The average molecular weight is 442 g/mol. The molecule has 2 N–H and O–H groups in total. The van der Waals surface area contributed by atoms with Crippen LogP contribution < -0.4 is 5.32 Å². The van der Waals surface area contributed by atoms with E-state index in [9.17, 15) is 14.7 Å². The number of aromatic nitrogens is 1. The third-order valence-corrected chi connectivity index (χ3v) is 5.44. The van der Waals surface area contributed by atoms with Crippen molar-refractivity contribution in [2.45, 2.75) is 18.7 Å². The van der Waals surface area contributed by atoms with Gasteiger partial charge in [-0.2, -0.15) is 5.26 Å². The molecule has 0 radical (unpaired) electrons. The van der Waals surface area contributed by atoms with Crippen LogP contribution in [0.15, 0.2) is 72.9 Å². The molecule has 33 heavy (non-hydrogen) atoms. The van der Waals surface area contributed by atoms with E-state index < -0.39 is 12.1 Å². The molecule has 1 saturated heterocycles. The molecule has 0 spiro atoms. The number of aliphatic hydroxyl groups excluding tert-OH is 1. The molecule has 1 aromatic heterocycles. The highest BCUT2D eigenvalue weighted by Crippen LogP contribution is 2.26. The van der Waals surface area contributed by atoms with Crippen LogP contribution in [0.1, 0.15) is 33.3 Å². The van der Waals surface area contributed by atoms with Gasteiger partial charge in [-0.25, -0.2) is 0 Å². The summed E-state index contributed by atoms with van der Waals surface area (Å²) in [6, 6.07) is 20.1. The largest absolute Gasteiger partial charge is 0.386 e. The summed E-state index contributed by atoms with van der Waals surface area (Å²) in [5.41, 5.74) is 2.79. The second kappa shape index (κ2) is 10.0. The Morgan fingerprint density at radius 3 is 2.61 bits per heavy atom. The smallest absolute Gasteiger partial charge is 0.255 e. The molecule has 2 amide bonds. The lowest BCUT2D eigenvalue weighted by Gasteiger charge is -2.38. The number of nitriles is 1. The van der Waals surface area contributed by atoms with Crippen LogP contribution in [-0.2, 0) is 16.1 Å². The maximum atomic E-state index is 12.5. The van der Waals surface area contributed by atoms with Crippen molar-refractivity contribution in [3.63, 3.8) is 0 Å². The Labute approximate surface area is 191 Å². The van der Waals surface area contributed by atoms with Gasteiger partial charge in [0.1, 0.15) is 12.7 Å². The number of aliphatic hydroxyl groups is 1. The van der Waals surface area contributed by atoms with Crippen molar-refractivity contribution in [3.05, 3.63) is 95.3 Å². The zero-order valence-electron chi connectivity index (χ0n) is 17.7. The standard InChI is InChI=1S/C25H22N4O4/c26-13-17-4-6-19(7-5-17)25(32)28-20-10-8-18(9-11-20)24(31)22-15-33-16-23(30)29(22)14-21-3-1-2-12-27-21/h1-12,22,24,31H,14-16H2,(H,28,32)/t22-,24-/m1/s1. The van der Waals surface area contributed by atoms with E-state index in [1.807, 2.05) is 18.2 Å². The highest BCUT2D eigenvalue weighted by molar-refractivity contribution is 6.04. The molecule has 0 saturated carbocycles. The SMILES string of the molecule is N#Cc1ccc(C(=O)Nc2ccc([C@@H](O)[C@H]3COCC(=O)N3Cc3ccccn3)cc2)cc1. The van der Waals surface area contributed by atoms with Crippen LogP contribution in [-0.4, -0.2) is 46.1 Å². The molecule has 2 atom stereocenters. The summed E-state index contributed by atoms with van der Waals surface area (Å²) in [7, 11) is 0. The monoisotopic (exact) mass is 442 g/mol. The van der Waals surface area contributed by atoms with Crippen LogP contribution in [0.4, 0.5) is 5.69 Å². The van der Waals surface area contributed by atoms with Crippen molar-refractivity contribution in [1.29, 1.82) is 5.26 Å². The van der Waals surface area contributed by atoms with Crippen molar-refractivity contribution in [1.82, 2.24) is 9.88 Å². The number of benzene rings is 2. The number of rotatable bonds is 6. The molecule has 3 aromatic rings. The van der Waals surface area contributed by atoms with E-state index >= 15 is 0 Å². The second-order valence-electron chi connectivity index (χ2n) is 7.64. The molecular weight excluding hydrogens is 420 g/mol. The first-order chi connectivity index (χ1) is 16.0. The lowest BCUT2D eigenvalue weighted by molar-refractivity contribution is -0.155. The fraction of sp³-hybridized carbons (Fsp3) is 0.200. The van der Waals surface area contributed by atoms with Gasteiger partial charge in [0, 0.05) is 17.4 Å². The lowest BCUT2D eigenvalue weighted by atomic mass is 9.99. The van der Waals surface area contributed by atoms with E-state index in [0.29, 0.717) is 22.4 Å². The fourth-order valence-corrected chi connectivity index (χ4v) is 3.64. The Balaban J connectivity index is 1.45. The number of hydrogen-bond acceptors (Lipinski definition) is 6. The first kappa shape index (κ1) is 22.1. The predicted octanol–water partition coefficient (Wildman–Crippen LogP) is 2.67. The van der Waals surface area contributed by atoms with E-state index in [4.69, 9.17) is 10.00 Å². The zero-order valence-corrected chi connectivity index (χ0v) is 17.7. The molecule has 1 aliphatic heterocycles. The molecule has 0 aliphatic carbocycles. The zero-order chi connectivity index (χ0) is 23.2. The van der Waals surface area contributed by atoms with Gasteiger partial charge in [-0.15, -0.1) is 0 Å². The molecule has 8 nitrogen and oxygen atoms in total. The Hall–Kier alpha value is -4.06. The Morgan fingerprint density at radius 1 is 1.18 bits per heavy atom. The summed E-state index contributed by atoms with van der Waals surface area (Å²) < 4.78 is 5.40. The number of anilines is 1. The number of hydrogen-bond donors (Lipinski definition) is 2. The Morgan fingerprint density at radius 2 is 1.94 bits per heavy atom. The van der Waals surface area contributed by atoms with E-state index in [0.717, 1.165) is 5.69 Å². The minimum absolute atomic E-state index is 0.0314. The highest BCUT2D eigenvalue weighted by atomic mass is 16.5. The van der Waals surface area contributed by atoms with Gasteiger partial charge in [-0.3, -0.25) is 14.6 Å². The van der Waals surface area contributed by atoms with Crippen LogP contribution in [0.3, 0.4) is 0 Å². The summed E-state index contributed by atoms with van der Waals surface area (Å²) in [4.78, 5) is 30.8. The molecule has 2 heterocycles. The van der Waals surface area contributed by atoms with Crippen molar-refractivity contribution >= 4 is 17.5 Å². The number of nitrogens with one attached hydrogen (secondary N) is 1. The molecule has 0 unspecified atom stereocenters. The first-order valence-corrected chi connectivity index (χ1v) is 10.4. The van der Waals surface area contributed by atoms with Crippen LogP contribution >= 0.6 is 0 Å². The number of morpholine rings is 1. The van der Waals surface area contributed by atoms with Gasteiger partial charge >= 0.3 is 0 Å². The molecule has 0 bridgehead atoms. The predicted molar refractivity (Wildman–Crippen MR) is 120 cm³/mol. The van der Waals surface area contributed by atoms with E-state index in [2.05, 4.69) is 10.3 Å². The van der Waals surface area contributed by atoms with Crippen molar-refractivity contribution in [3.8, 4) is 6.07 Å². The van der Waals surface area contributed by atoms with Crippen molar-refractivity contribution in [2.24, 2.45) is 0 Å². The molecule has 166 valence electrons. The second-order valence-corrected chi connectivity index (χ2v) is 7.64. The summed E-state index contributed by atoms with van der Waals surface area (Å²) in [6.45, 7) is 0.455. The first-order valence-electron chi connectivity index (χ1n) is 10.4. The minimum atomic E-state index is -0.971. The van der Waals surface area contributed by atoms with Gasteiger partial charge in [-0.1, -0.05) is 18.2 Å². The van der Waals surface area contributed by atoms with E-state index in [1.165, 1.54) is 0 Å². The molecule has 8 heteroatoms. The quantitative estimate of drug-likeness (QED) is 0.606. The van der Waals surface area contributed by atoms with Crippen LogP contribution in [0.25, 0.3) is 0 Å². The van der Waals surface area contributed by atoms with Crippen LogP contribution in [0.2, 0.25) is 0 Å². The van der Waals surface area contributed by atoms with Gasteiger partial charge in [0.25, 0.3) is 5.91 Å². The molecule has 1 fully saturated rings. The Kier molecular flexibility index (Phi) is 6.74. The molecular formula is C25H22N4O4. The summed E-state index contributed by atoms with van der Waals surface area (Å²) in [5.74, 6) is -0.511. The minimum Gasteiger partial charge on any atom is -0.386 e. The van der Waals surface area contributed by atoms with Gasteiger partial charge in [-0.05, 0) is 54.1 Å². The normalized spacial score (nSPS) is 16.7. The van der Waals surface area contributed by atoms with Gasteiger partial charge in [0.2, 0.25) is 5.91 Å². The molecule has 2 aromatic carbocycles. The highest BCUT2D eigenvalue weighted by Gasteiger charge is 2.34. The number of carbonyl (C=O) groups excluding carboxylic acids is 2. The number of ether oxygens (including phenoxy) is 1. The third-order valence-electron chi connectivity index (χ3n) is 5.44. The van der Waals surface area contributed by atoms with Gasteiger partial charge in [0.15, 0.2) is 0 Å². The maximum Gasteiger partial charge on any atom is 0.255 e. The number of nitrogens with zero attached hydrogens (tertiary/aromatic N) is 3. The third kappa shape index (κ3) is 5.23. The Bertz CT molecular complexity index is 1160. The van der Waals surface area contributed by atoms with Crippen LogP contribution in [0, 0.1) is 11.3 Å². The lowest BCUT2D eigenvalue weighted by Crippen LogP contribution is -2.51. The maximum absolute atomic E-state index is 12.5. The van der Waals surface area contributed by atoms with E-state index in [1.54, 1.807) is 65.7 Å². The molecule has 1 aliphatic rings. The van der Waals surface area contributed by atoms with Gasteiger partial charge in [0.05, 0.1) is 36.5 Å². The number of amides is 2. The topological polar surface area (TPSA) is 116 Å². The van der Waals surface area contributed by atoms with Gasteiger partial charge < -0.3 is 20.1 Å². The summed E-state index contributed by atoms with van der Waals surface area (Å²) >= 11 is 0. The van der Waals surface area contributed by atoms with Crippen molar-refractivity contribution in [2.75, 3.05) is 18.5 Å². The average Bonchev–Trinajstić information content (AvgIpc) is 2.86. The van der Waals surface area contributed by atoms with Crippen molar-refractivity contribution < 1.29 is 19.4 Å². The van der Waals surface area contributed by atoms with Crippen LogP contribution in [0.5, 0.6) is 0 Å². The number of carbonyl (C=O) groups is 2.